The molecule has 0 spiro atoms. The molecule has 0 radical (unpaired) electrons. The van der Waals surface area contributed by atoms with Crippen molar-refractivity contribution in [2.24, 2.45) is 0 Å². The topological polar surface area (TPSA) is 55.1 Å². The van der Waals surface area contributed by atoms with Gasteiger partial charge in [0, 0.05) is 12.2 Å². The van der Waals surface area contributed by atoms with Gasteiger partial charge in [0.1, 0.15) is 0 Å². The molecule has 0 fully saturated rings. The fourth-order valence-corrected chi connectivity index (χ4v) is 2.57. The van der Waals surface area contributed by atoms with Gasteiger partial charge in [-0.3, -0.25) is 9.48 Å². The Morgan fingerprint density at radius 1 is 1.29 bits per heavy atom. The second-order valence-corrected chi connectivity index (χ2v) is 5.14. The summed E-state index contributed by atoms with van der Waals surface area (Å²) >= 11 is 0. The molecule has 2 aromatic rings. The van der Waals surface area contributed by atoms with E-state index in [1.807, 2.05) is 35.0 Å². The molecule has 21 heavy (non-hydrogen) atoms. The van der Waals surface area contributed by atoms with Gasteiger partial charge >= 0.3 is 5.97 Å². The lowest BCUT2D eigenvalue weighted by atomic mass is 9.93. The smallest absolute Gasteiger partial charge is 0.310 e. The van der Waals surface area contributed by atoms with Crippen molar-refractivity contribution in [1.29, 1.82) is 0 Å². The average molecular weight is 286 g/mol. The Balaban J connectivity index is 2.12. The number of nitrogens with zero attached hydrogens (tertiary/aromatic N) is 2. The largest absolute Gasteiger partial charge is 0.481 e. The van der Waals surface area contributed by atoms with Crippen LogP contribution in [0.4, 0.5) is 0 Å². The minimum atomic E-state index is -0.764. The minimum Gasteiger partial charge on any atom is -0.481 e. The van der Waals surface area contributed by atoms with Gasteiger partial charge in [0.05, 0.1) is 11.6 Å². The molecule has 1 N–H and O–H groups in total. The monoisotopic (exact) mass is 286 g/mol. The molecule has 2 rings (SSSR count). The fraction of sp³-hybridized carbons (Fsp3) is 0.412. The first-order valence-corrected chi connectivity index (χ1v) is 7.49. The Hall–Kier alpha value is -2.10. The van der Waals surface area contributed by atoms with Gasteiger partial charge in [-0.05, 0) is 37.8 Å². The van der Waals surface area contributed by atoms with Crippen LogP contribution < -0.4 is 0 Å². The van der Waals surface area contributed by atoms with Gasteiger partial charge in [-0.1, -0.05) is 37.3 Å². The predicted molar refractivity (Wildman–Crippen MR) is 82.4 cm³/mol. The Kier molecular flexibility index (Phi) is 5.14. The van der Waals surface area contributed by atoms with E-state index < -0.39 is 11.9 Å². The average Bonchev–Trinajstić information content (AvgIpc) is 2.90. The second-order valence-electron chi connectivity index (χ2n) is 5.14. The number of aryl methyl sites for hydroxylation is 3. The molecule has 1 heterocycles. The minimum absolute atomic E-state index is 0.462. The molecule has 4 nitrogen and oxygen atoms in total. The quantitative estimate of drug-likeness (QED) is 0.850. The van der Waals surface area contributed by atoms with Gasteiger partial charge in [0.25, 0.3) is 0 Å². The van der Waals surface area contributed by atoms with Crippen molar-refractivity contribution in [3.63, 3.8) is 0 Å². The van der Waals surface area contributed by atoms with Crippen molar-refractivity contribution in [2.45, 2.75) is 45.6 Å². The number of aromatic nitrogens is 2. The van der Waals surface area contributed by atoms with Crippen LogP contribution in [0.5, 0.6) is 0 Å². The van der Waals surface area contributed by atoms with Crippen LogP contribution in [0.3, 0.4) is 0 Å². The predicted octanol–water partition coefficient (Wildman–Crippen LogP) is 3.27. The van der Waals surface area contributed by atoms with Gasteiger partial charge in [-0.2, -0.15) is 5.10 Å². The number of rotatable bonds is 7. The highest BCUT2D eigenvalue weighted by Gasteiger charge is 2.20. The number of carbonyl (C=O) groups is 1. The molecule has 112 valence electrons. The highest BCUT2D eigenvalue weighted by atomic mass is 16.4. The van der Waals surface area contributed by atoms with Gasteiger partial charge in [0.2, 0.25) is 0 Å². The van der Waals surface area contributed by atoms with Crippen LogP contribution in [0.2, 0.25) is 0 Å². The fourth-order valence-electron chi connectivity index (χ4n) is 2.57. The van der Waals surface area contributed by atoms with E-state index in [9.17, 15) is 9.90 Å². The Bertz CT molecular complexity index is 590. The normalized spacial score (nSPS) is 12.3. The molecule has 1 unspecified atom stereocenters. The van der Waals surface area contributed by atoms with E-state index in [-0.39, 0.29) is 0 Å². The van der Waals surface area contributed by atoms with Gasteiger partial charge in [0.15, 0.2) is 0 Å². The van der Waals surface area contributed by atoms with Crippen LogP contribution in [-0.4, -0.2) is 20.9 Å². The molecule has 0 saturated carbocycles. The summed E-state index contributed by atoms with van der Waals surface area (Å²) in [6.07, 6.45) is 2.22. The summed E-state index contributed by atoms with van der Waals surface area (Å²) in [5, 5.41) is 14.0. The van der Waals surface area contributed by atoms with Crippen molar-refractivity contribution in [1.82, 2.24) is 9.78 Å². The maximum absolute atomic E-state index is 11.5. The van der Waals surface area contributed by atoms with Crippen LogP contribution >= 0.6 is 0 Å². The summed E-state index contributed by atoms with van der Waals surface area (Å²) in [5.74, 6) is -1.23. The molecule has 1 aromatic heterocycles. The molecule has 0 aliphatic rings. The number of hydrogen-bond acceptors (Lipinski definition) is 2. The van der Waals surface area contributed by atoms with E-state index in [1.165, 1.54) is 0 Å². The molecule has 0 aliphatic heterocycles. The van der Waals surface area contributed by atoms with Crippen LogP contribution in [0.1, 0.15) is 43.1 Å². The number of aliphatic carboxylic acids is 1. The van der Waals surface area contributed by atoms with Crippen LogP contribution in [0, 0.1) is 0 Å². The Labute approximate surface area is 125 Å². The first-order chi connectivity index (χ1) is 10.2. The lowest BCUT2D eigenvalue weighted by Crippen LogP contribution is -2.13. The molecular weight excluding hydrogens is 264 g/mol. The third-order valence-electron chi connectivity index (χ3n) is 3.76. The number of carboxylic acid groups (broad SMARTS) is 1. The zero-order valence-corrected chi connectivity index (χ0v) is 12.6. The maximum atomic E-state index is 11.5. The van der Waals surface area contributed by atoms with Crippen molar-refractivity contribution in [3.05, 3.63) is 53.3 Å². The van der Waals surface area contributed by atoms with E-state index >= 15 is 0 Å². The summed E-state index contributed by atoms with van der Waals surface area (Å²) < 4.78 is 1.97. The van der Waals surface area contributed by atoms with E-state index in [4.69, 9.17) is 0 Å². The molecule has 1 atom stereocenters. The van der Waals surface area contributed by atoms with Crippen LogP contribution in [0.25, 0.3) is 0 Å². The number of hydrogen-bond donors (Lipinski definition) is 1. The molecule has 0 bridgehead atoms. The molecule has 0 amide bonds. The molecule has 0 saturated heterocycles. The standard InChI is InChI=1S/C17H22N2O2/c1-3-14-12-15(19(4-2)18-14)10-11-16(17(20)21)13-8-6-5-7-9-13/h5-9,12,16H,3-4,10-11H2,1-2H3,(H,20,21). The highest BCUT2D eigenvalue weighted by Crippen LogP contribution is 2.22. The second kappa shape index (κ2) is 7.07. The zero-order valence-electron chi connectivity index (χ0n) is 12.6. The van der Waals surface area contributed by atoms with E-state index in [0.29, 0.717) is 6.42 Å². The SMILES string of the molecule is CCc1cc(CCC(C(=O)O)c2ccccc2)n(CC)n1. The highest BCUT2D eigenvalue weighted by molar-refractivity contribution is 5.76. The molecular formula is C17H22N2O2. The zero-order chi connectivity index (χ0) is 15.2. The summed E-state index contributed by atoms with van der Waals surface area (Å²) in [4.78, 5) is 11.5. The first kappa shape index (κ1) is 15.3. The number of carboxylic acids is 1. The summed E-state index contributed by atoms with van der Waals surface area (Å²) in [7, 11) is 0. The molecule has 4 heteroatoms. The van der Waals surface area contributed by atoms with Gasteiger partial charge in [-0.25, -0.2) is 0 Å². The lowest BCUT2D eigenvalue weighted by Gasteiger charge is -2.13. The Morgan fingerprint density at radius 3 is 2.57 bits per heavy atom. The number of benzene rings is 1. The summed E-state index contributed by atoms with van der Waals surface area (Å²) in [6, 6.07) is 11.5. The third-order valence-corrected chi connectivity index (χ3v) is 3.76. The van der Waals surface area contributed by atoms with Crippen molar-refractivity contribution < 1.29 is 9.90 Å². The van der Waals surface area contributed by atoms with Crippen molar-refractivity contribution in [3.8, 4) is 0 Å². The van der Waals surface area contributed by atoms with Crippen LogP contribution in [0.15, 0.2) is 36.4 Å². The van der Waals surface area contributed by atoms with E-state index in [0.717, 1.165) is 36.3 Å². The van der Waals surface area contributed by atoms with Crippen LogP contribution in [-0.2, 0) is 24.2 Å². The van der Waals surface area contributed by atoms with Gasteiger partial charge in [-0.15, -0.1) is 0 Å². The van der Waals surface area contributed by atoms with Crippen molar-refractivity contribution >= 4 is 5.97 Å². The van der Waals surface area contributed by atoms with Gasteiger partial charge < -0.3 is 5.11 Å². The van der Waals surface area contributed by atoms with E-state index in [1.54, 1.807) is 0 Å². The summed E-state index contributed by atoms with van der Waals surface area (Å²) in [5.41, 5.74) is 3.05. The maximum Gasteiger partial charge on any atom is 0.310 e. The first-order valence-electron chi connectivity index (χ1n) is 7.49. The van der Waals surface area contributed by atoms with E-state index in [2.05, 4.69) is 25.0 Å². The molecule has 1 aromatic carbocycles. The summed E-state index contributed by atoms with van der Waals surface area (Å²) in [6.45, 7) is 4.95. The molecule has 0 aliphatic carbocycles. The third kappa shape index (κ3) is 3.72. The lowest BCUT2D eigenvalue weighted by molar-refractivity contribution is -0.138. The Morgan fingerprint density at radius 2 is 2.00 bits per heavy atom. The van der Waals surface area contributed by atoms with Crippen molar-refractivity contribution in [2.75, 3.05) is 0 Å².